The van der Waals surface area contributed by atoms with Crippen molar-refractivity contribution in [2.75, 3.05) is 12.4 Å². The first-order valence-corrected chi connectivity index (χ1v) is 7.71. The van der Waals surface area contributed by atoms with Crippen LogP contribution in [0, 0.1) is 17.5 Å². The SMILES string of the molecule is COc1ncc(F)cc1-c1ccc(C(=O)Nc2c(F)cncc2F)s1. The molecule has 0 aliphatic heterocycles. The average Bonchev–Trinajstić information content (AvgIpc) is 3.08. The molecule has 25 heavy (non-hydrogen) atoms. The third-order valence-corrected chi connectivity index (χ3v) is 4.32. The zero-order valence-corrected chi connectivity index (χ0v) is 13.5. The van der Waals surface area contributed by atoms with Crippen LogP contribution in [0.2, 0.25) is 0 Å². The first-order valence-electron chi connectivity index (χ1n) is 6.89. The maximum absolute atomic E-state index is 13.6. The van der Waals surface area contributed by atoms with Gasteiger partial charge in [0.25, 0.3) is 5.91 Å². The van der Waals surface area contributed by atoms with Crippen molar-refractivity contribution in [1.82, 2.24) is 9.97 Å². The van der Waals surface area contributed by atoms with E-state index in [-0.39, 0.29) is 10.8 Å². The minimum atomic E-state index is -0.985. The number of nitrogens with zero attached hydrogens (tertiary/aromatic N) is 2. The van der Waals surface area contributed by atoms with Gasteiger partial charge in [0.1, 0.15) is 11.5 Å². The average molecular weight is 365 g/mol. The second-order valence-electron chi connectivity index (χ2n) is 4.81. The molecule has 0 spiro atoms. The number of amides is 1. The fraction of sp³-hybridized carbons (Fsp3) is 0.0625. The predicted molar refractivity (Wildman–Crippen MR) is 86.2 cm³/mol. The number of carbonyl (C=O) groups excluding carboxylic acids is 1. The summed E-state index contributed by atoms with van der Waals surface area (Å²) in [5, 5.41) is 2.16. The van der Waals surface area contributed by atoms with Crippen LogP contribution >= 0.6 is 11.3 Å². The van der Waals surface area contributed by atoms with Crippen molar-refractivity contribution >= 4 is 22.9 Å². The standard InChI is InChI=1S/C16H10F3N3O2S/c1-24-16-9(4-8(17)5-21-16)12-2-3-13(25-12)15(23)22-14-10(18)6-20-7-11(14)19/h2-7H,1H3,(H,20,22,23). The molecule has 0 fully saturated rings. The summed E-state index contributed by atoms with van der Waals surface area (Å²) in [6.45, 7) is 0. The summed E-state index contributed by atoms with van der Waals surface area (Å²) in [5.41, 5.74) is -0.215. The molecule has 1 amide bonds. The Balaban J connectivity index is 1.89. The number of methoxy groups -OCH3 is 1. The Morgan fingerprint density at radius 3 is 2.56 bits per heavy atom. The van der Waals surface area contributed by atoms with Gasteiger partial charge in [-0.3, -0.25) is 9.78 Å². The van der Waals surface area contributed by atoms with Crippen LogP contribution in [0.4, 0.5) is 18.9 Å². The summed E-state index contributed by atoms with van der Waals surface area (Å²) < 4.78 is 45.6. The Morgan fingerprint density at radius 2 is 1.88 bits per heavy atom. The summed E-state index contributed by atoms with van der Waals surface area (Å²) in [5.74, 6) is -3.04. The van der Waals surface area contributed by atoms with E-state index in [0.717, 1.165) is 29.9 Å². The third kappa shape index (κ3) is 3.45. The van der Waals surface area contributed by atoms with Crippen molar-refractivity contribution in [2.45, 2.75) is 0 Å². The zero-order chi connectivity index (χ0) is 18.0. The van der Waals surface area contributed by atoms with Crippen LogP contribution in [-0.2, 0) is 0 Å². The molecule has 3 aromatic rings. The second kappa shape index (κ2) is 6.89. The van der Waals surface area contributed by atoms with Crippen molar-refractivity contribution in [3.63, 3.8) is 0 Å². The fourth-order valence-corrected chi connectivity index (χ4v) is 2.99. The highest BCUT2D eigenvalue weighted by atomic mass is 32.1. The van der Waals surface area contributed by atoms with Crippen molar-refractivity contribution in [2.24, 2.45) is 0 Å². The quantitative estimate of drug-likeness (QED) is 0.762. The highest BCUT2D eigenvalue weighted by Crippen LogP contribution is 2.34. The van der Waals surface area contributed by atoms with Gasteiger partial charge in [-0.25, -0.2) is 18.2 Å². The van der Waals surface area contributed by atoms with Crippen LogP contribution in [0.5, 0.6) is 5.88 Å². The molecule has 128 valence electrons. The molecule has 0 aliphatic carbocycles. The van der Waals surface area contributed by atoms with Crippen LogP contribution in [0.15, 0.2) is 36.8 Å². The Bertz CT molecular complexity index is 926. The highest BCUT2D eigenvalue weighted by molar-refractivity contribution is 7.17. The number of hydrogen-bond acceptors (Lipinski definition) is 5. The number of anilines is 1. The van der Waals surface area contributed by atoms with Gasteiger partial charge in [-0.05, 0) is 18.2 Å². The van der Waals surface area contributed by atoms with Crippen LogP contribution in [0.1, 0.15) is 9.67 Å². The maximum atomic E-state index is 13.6. The molecule has 0 saturated carbocycles. The zero-order valence-electron chi connectivity index (χ0n) is 12.7. The van der Waals surface area contributed by atoms with Crippen LogP contribution in [0.25, 0.3) is 10.4 Å². The Morgan fingerprint density at radius 1 is 1.16 bits per heavy atom. The Kier molecular flexibility index (Phi) is 4.66. The van der Waals surface area contributed by atoms with E-state index in [1.807, 2.05) is 0 Å². The second-order valence-corrected chi connectivity index (χ2v) is 5.89. The molecule has 0 unspecified atom stereocenters. The molecule has 3 heterocycles. The molecule has 0 aromatic carbocycles. The van der Waals surface area contributed by atoms with E-state index < -0.39 is 29.0 Å². The smallest absolute Gasteiger partial charge is 0.265 e. The lowest BCUT2D eigenvalue weighted by molar-refractivity contribution is 0.102. The lowest BCUT2D eigenvalue weighted by Crippen LogP contribution is -2.13. The van der Waals surface area contributed by atoms with Gasteiger partial charge in [0.05, 0.1) is 36.1 Å². The van der Waals surface area contributed by atoms with E-state index >= 15 is 0 Å². The van der Waals surface area contributed by atoms with Crippen LogP contribution in [0.3, 0.4) is 0 Å². The summed E-state index contributed by atoms with van der Waals surface area (Å²) in [4.78, 5) is 20.1. The van der Waals surface area contributed by atoms with Gasteiger partial charge in [-0.1, -0.05) is 0 Å². The van der Waals surface area contributed by atoms with Crippen molar-refractivity contribution in [3.05, 3.63) is 59.1 Å². The van der Waals surface area contributed by atoms with Crippen LogP contribution in [-0.4, -0.2) is 23.0 Å². The predicted octanol–water partition coefficient (Wildman–Crippen LogP) is 3.88. The van der Waals surface area contributed by atoms with Gasteiger partial charge >= 0.3 is 0 Å². The van der Waals surface area contributed by atoms with Crippen LogP contribution < -0.4 is 10.1 Å². The number of hydrogen-bond donors (Lipinski definition) is 1. The number of pyridine rings is 2. The molecule has 3 aromatic heterocycles. The summed E-state index contributed by atoms with van der Waals surface area (Å²) in [6, 6.07) is 4.25. The number of carbonyl (C=O) groups is 1. The van der Waals surface area contributed by atoms with Gasteiger partial charge in [0.15, 0.2) is 11.6 Å². The molecule has 0 saturated heterocycles. The maximum Gasteiger partial charge on any atom is 0.265 e. The number of ether oxygens (including phenoxy) is 1. The summed E-state index contributed by atoms with van der Waals surface area (Å²) in [7, 11) is 1.39. The van der Waals surface area contributed by atoms with E-state index in [9.17, 15) is 18.0 Å². The van der Waals surface area contributed by atoms with Gasteiger partial charge in [0, 0.05) is 4.88 Å². The van der Waals surface area contributed by atoms with Crippen molar-refractivity contribution in [1.29, 1.82) is 0 Å². The molecule has 0 radical (unpaired) electrons. The van der Waals surface area contributed by atoms with Gasteiger partial charge < -0.3 is 10.1 Å². The topological polar surface area (TPSA) is 64.1 Å². The molecule has 1 N–H and O–H groups in total. The Hall–Kier alpha value is -2.94. The normalized spacial score (nSPS) is 10.6. The molecular formula is C16H10F3N3O2S. The lowest BCUT2D eigenvalue weighted by Gasteiger charge is -2.06. The van der Waals surface area contributed by atoms with E-state index in [4.69, 9.17) is 4.74 Å². The molecule has 5 nitrogen and oxygen atoms in total. The van der Waals surface area contributed by atoms with Gasteiger partial charge in [-0.2, -0.15) is 0 Å². The molecule has 9 heteroatoms. The first-order chi connectivity index (χ1) is 12.0. The monoisotopic (exact) mass is 365 g/mol. The molecule has 3 rings (SSSR count). The van der Waals surface area contributed by atoms with E-state index in [1.165, 1.54) is 19.2 Å². The molecule has 0 bridgehead atoms. The van der Waals surface area contributed by atoms with E-state index in [0.29, 0.717) is 10.4 Å². The number of nitrogens with one attached hydrogen (secondary N) is 1. The van der Waals surface area contributed by atoms with Crippen molar-refractivity contribution < 1.29 is 22.7 Å². The number of rotatable bonds is 4. The van der Waals surface area contributed by atoms with Gasteiger partial charge in [0.2, 0.25) is 5.88 Å². The van der Waals surface area contributed by atoms with E-state index in [2.05, 4.69) is 15.3 Å². The van der Waals surface area contributed by atoms with E-state index in [1.54, 1.807) is 6.07 Å². The number of thiophene rings is 1. The summed E-state index contributed by atoms with van der Waals surface area (Å²) >= 11 is 1.00. The van der Waals surface area contributed by atoms with Gasteiger partial charge in [-0.15, -0.1) is 11.3 Å². The fourth-order valence-electron chi connectivity index (χ4n) is 2.08. The largest absolute Gasteiger partial charge is 0.481 e. The first kappa shape index (κ1) is 16.9. The lowest BCUT2D eigenvalue weighted by atomic mass is 10.2. The van der Waals surface area contributed by atoms with Crippen molar-refractivity contribution in [3.8, 4) is 16.3 Å². The molecule has 0 aliphatic rings. The number of aromatic nitrogens is 2. The third-order valence-electron chi connectivity index (χ3n) is 3.20. The Labute approximate surface area is 144 Å². The highest BCUT2D eigenvalue weighted by Gasteiger charge is 2.17. The number of halogens is 3. The molecule has 0 atom stereocenters. The minimum absolute atomic E-state index is 0.178. The molecular weight excluding hydrogens is 355 g/mol. The minimum Gasteiger partial charge on any atom is -0.481 e. The summed E-state index contributed by atoms with van der Waals surface area (Å²) in [6.07, 6.45) is 2.60.